The highest BCUT2D eigenvalue weighted by Crippen LogP contribution is 2.34. The number of unbranched alkanes of at least 4 members (excludes halogenated alkanes) is 1. The smallest absolute Gasteiger partial charge is 0.243 e. The highest BCUT2D eigenvalue weighted by atomic mass is 32.2. The Morgan fingerprint density at radius 3 is 2.52 bits per heavy atom. The molecule has 150 valence electrons. The Labute approximate surface area is 161 Å². The van der Waals surface area contributed by atoms with Gasteiger partial charge in [0.2, 0.25) is 15.9 Å². The molecule has 0 saturated carbocycles. The number of benzene rings is 1. The summed E-state index contributed by atoms with van der Waals surface area (Å²) < 4.78 is 38.3. The minimum Gasteiger partial charge on any atom is -0.486 e. The lowest BCUT2D eigenvalue weighted by Crippen LogP contribution is -2.43. The van der Waals surface area contributed by atoms with Crippen LogP contribution < -0.4 is 9.47 Å². The van der Waals surface area contributed by atoms with Crippen LogP contribution in [0.4, 0.5) is 0 Å². The number of piperidine rings is 1. The van der Waals surface area contributed by atoms with Gasteiger partial charge in [0, 0.05) is 38.7 Å². The van der Waals surface area contributed by atoms with Gasteiger partial charge in [0.15, 0.2) is 11.5 Å². The molecule has 1 fully saturated rings. The molecule has 7 nitrogen and oxygen atoms in total. The van der Waals surface area contributed by atoms with E-state index in [-0.39, 0.29) is 16.7 Å². The number of fused-ring (bicyclic) bond motifs is 1. The van der Waals surface area contributed by atoms with Crippen LogP contribution in [0.15, 0.2) is 23.1 Å². The second kappa shape index (κ2) is 8.48. The van der Waals surface area contributed by atoms with Gasteiger partial charge in [-0.3, -0.25) is 4.79 Å². The van der Waals surface area contributed by atoms with Gasteiger partial charge in [-0.2, -0.15) is 4.31 Å². The molecule has 0 atom stereocenters. The maximum atomic E-state index is 13.0. The van der Waals surface area contributed by atoms with E-state index in [2.05, 4.69) is 6.92 Å². The fourth-order valence-electron chi connectivity index (χ4n) is 3.49. The largest absolute Gasteiger partial charge is 0.486 e. The van der Waals surface area contributed by atoms with Crippen molar-refractivity contribution in [2.45, 2.75) is 37.5 Å². The van der Waals surface area contributed by atoms with Gasteiger partial charge in [-0.25, -0.2) is 8.42 Å². The van der Waals surface area contributed by atoms with E-state index in [1.165, 1.54) is 10.4 Å². The fraction of sp³-hybridized carbons (Fsp3) is 0.632. The standard InChI is InChI=1S/C19H28N2O5S/c1-3-4-9-20(2)19(22)15-7-10-21(11-8-15)27(23,24)16-5-6-17-18(14-16)26-13-12-25-17/h5-6,14-15H,3-4,7-13H2,1-2H3. The molecular weight excluding hydrogens is 368 g/mol. The summed E-state index contributed by atoms with van der Waals surface area (Å²) in [5, 5.41) is 0. The van der Waals surface area contributed by atoms with Crippen molar-refractivity contribution in [2.75, 3.05) is 39.9 Å². The molecule has 27 heavy (non-hydrogen) atoms. The molecule has 1 amide bonds. The molecule has 0 radical (unpaired) electrons. The van der Waals surface area contributed by atoms with Gasteiger partial charge in [0.1, 0.15) is 13.2 Å². The highest BCUT2D eigenvalue weighted by Gasteiger charge is 2.33. The van der Waals surface area contributed by atoms with Crippen molar-refractivity contribution in [2.24, 2.45) is 5.92 Å². The van der Waals surface area contributed by atoms with Crippen LogP contribution in [0.2, 0.25) is 0 Å². The van der Waals surface area contributed by atoms with Crippen molar-refractivity contribution >= 4 is 15.9 Å². The van der Waals surface area contributed by atoms with E-state index >= 15 is 0 Å². The first-order chi connectivity index (χ1) is 12.9. The van der Waals surface area contributed by atoms with E-state index in [9.17, 15) is 13.2 Å². The second-order valence-electron chi connectivity index (χ2n) is 7.10. The molecule has 0 aromatic heterocycles. The normalized spacial score (nSPS) is 18.3. The molecular formula is C19H28N2O5S. The first-order valence-corrected chi connectivity index (χ1v) is 11.0. The average Bonchev–Trinajstić information content (AvgIpc) is 2.71. The predicted molar refractivity (Wildman–Crippen MR) is 101 cm³/mol. The van der Waals surface area contributed by atoms with Gasteiger partial charge < -0.3 is 14.4 Å². The Kier molecular flexibility index (Phi) is 6.26. The number of carbonyl (C=O) groups excluding carboxylic acids is 1. The lowest BCUT2D eigenvalue weighted by molar-refractivity contribution is -0.135. The Balaban J connectivity index is 1.64. The first-order valence-electron chi connectivity index (χ1n) is 9.58. The molecule has 2 heterocycles. The van der Waals surface area contributed by atoms with Crippen molar-refractivity contribution in [3.63, 3.8) is 0 Å². The van der Waals surface area contributed by atoms with Crippen LogP contribution in [0.3, 0.4) is 0 Å². The van der Waals surface area contributed by atoms with Crippen LogP contribution in [0.1, 0.15) is 32.6 Å². The van der Waals surface area contributed by atoms with E-state index in [0.717, 1.165) is 19.4 Å². The van der Waals surface area contributed by atoms with Crippen LogP contribution in [-0.2, 0) is 14.8 Å². The van der Waals surface area contributed by atoms with Crippen LogP contribution in [-0.4, -0.2) is 63.4 Å². The summed E-state index contributed by atoms with van der Waals surface area (Å²) in [7, 11) is -1.78. The topological polar surface area (TPSA) is 76.2 Å². The molecule has 2 aliphatic rings. The van der Waals surface area contributed by atoms with Crippen LogP contribution >= 0.6 is 0 Å². The van der Waals surface area contributed by atoms with Gasteiger partial charge in [-0.15, -0.1) is 0 Å². The molecule has 0 unspecified atom stereocenters. The Morgan fingerprint density at radius 2 is 1.85 bits per heavy atom. The summed E-state index contributed by atoms with van der Waals surface area (Å²) in [4.78, 5) is 14.5. The fourth-order valence-corrected chi connectivity index (χ4v) is 4.98. The molecule has 0 spiro atoms. The molecule has 0 bridgehead atoms. The minimum absolute atomic E-state index is 0.0985. The third kappa shape index (κ3) is 4.38. The van der Waals surface area contributed by atoms with E-state index in [4.69, 9.17) is 9.47 Å². The maximum Gasteiger partial charge on any atom is 0.243 e. The van der Waals surface area contributed by atoms with E-state index in [1.807, 2.05) is 7.05 Å². The van der Waals surface area contributed by atoms with Gasteiger partial charge >= 0.3 is 0 Å². The Bertz CT molecular complexity index is 772. The quantitative estimate of drug-likeness (QED) is 0.736. The highest BCUT2D eigenvalue weighted by molar-refractivity contribution is 7.89. The second-order valence-corrected chi connectivity index (χ2v) is 9.04. The molecule has 0 aliphatic carbocycles. The molecule has 8 heteroatoms. The summed E-state index contributed by atoms with van der Waals surface area (Å²) in [6.45, 7) is 4.44. The monoisotopic (exact) mass is 396 g/mol. The lowest BCUT2D eigenvalue weighted by Gasteiger charge is -2.32. The number of hydrogen-bond donors (Lipinski definition) is 0. The minimum atomic E-state index is -3.61. The SMILES string of the molecule is CCCCN(C)C(=O)C1CCN(S(=O)(=O)c2ccc3c(c2)OCCO3)CC1. The summed E-state index contributed by atoms with van der Waals surface area (Å²) in [6.07, 6.45) is 3.14. The summed E-state index contributed by atoms with van der Waals surface area (Å²) in [6, 6.07) is 4.72. The van der Waals surface area contributed by atoms with Crippen molar-refractivity contribution in [3.8, 4) is 11.5 Å². The maximum absolute atomic E-state index is 13.0. The zero-order chi connectivity index (χ0) is 19.4. The van der Waals surface area contributed by atoms with Crippen LogP contribution in [0, 0.1) is 5.92 Å². The zero-order valence-corrected chi connectivity index (χ0v) is 16.8. The molecule has 0 N–H and O–H groups in total. The van der Waals surface area contributed by atoms with E-state index < -0.39 is 10.0 Å². The number of hydrogen-bond acceptors (Lipinski definition) is 5. The molecule has 1 aromatic carbocycles. The summed E-state index contributed by atoms with van der Waals surface area (Å²) in [5.74, 6) is 1.06. The van der Waals surface area contributed by atoms with Crippen molar-refractivity contribution in [3.05, 3.63) is 18.2 Å². The molecule has 1 aromatic rings. The molecule has 1 saturated heterocycles. The number of nitrogens with zero attached hydrogens (tertiary/aromatic N) is 2. The third-order valence-corrected chi connectivity index (χ3v) is 7.07. The average molecular weight is 397 g/mol. The Hall–Kier alpha value is -1.80. The zero-order valence-electron chi connectivity index (χ0n) is 16.0. The van der Waals surface area contributed by atoms with E-state index in [1.54, 1.807) is 17.0 Å². The summed E-state index contributed by atoms with van der Waals surface area (Å²) >= 11 is 0. The number of carbonyl (C=O) groups is 1. The van der Waals surface area contributed by atoms with Crippen LogP contribution in [0.5, 0.6) is 11.5 Å². The number of amides is 1. The van der Waals surface area contributed by atoms with Crippen molar-refractivity contribution < 1.29 is 22.7 Å². The van der Waals surface area contributed by atoms with Crippen LogP contribution in [0.25, 0.3) is 0 Å². The van der Waals surface area contributed by atoms with Crippen molar-refractivity contribution in [1.29, 1.82) is 0 Å². The molecule has 3 rings (SSSR count). The third-order valence-electron chi connectivity index (χ3n) is 5.18. The van der Waals surface area contributed by atoms with Gasteiger partial charge in [0.25, 0.3) is 0 Å². The number of rotatable bonds is 6. The first kappa shape index (κ1) is 19.9. The lowest BCUT2D eigenvalue weighted by atomic mass is 9.96. The van der Waals surface area contributed by atoms with Gasteiger partial charge in [-0.1, -0.05) is 13.3 Å². The Morgan fingerprint density at radius 1 is 1.19 bits per heavy atom. The van der Waals surface area contributed by atoms with Crippen molar-refractivity contribution in [1.82, 2.24) is 9.21 Å². The predicted octanol–water partition coefficient (Wildman–Crippen LogP) is 2.12. The van der Waals surface area contributed by atoms with E-state index in [0.29, 0.717) is 50.6 Å². The van der Waals surface area contributed by atoms with Gasteiger partial charge in [-0.05, 0) is 31.4 Å². The van der Waals surface area contributed by atoms with Gasteiger partial charge in [0.05, 0.1) is 4.90 Å². The number of ether oxygens (including phenoxy) is 2. The number of sulfonamides is 1. The molecule has 2 aliphatic heterocycles. The summed E-state index contributed by atoms with van der Waals surface area (Å²) in [5.41, 5.74) is 0.